The summed E-state index contributed by atoms with van der Waals surface area (Å²) in [5, 5.41) is 28.6. The minimum absolute atomic E-state index is 0.0425. The summed E-state index contributed by atoms with van der Waals surface area (Å²) in [6, 6.07) is 2.90. The predicted octanol–water partition coefficient (Wildman–Crippen LogP) is -0.736. The summed E-state index contributed by atoms with van der Waals surface area (Å²) in [5.74, 6) is -0.862. The molecule has 0 bridgehead atoms. The number of aliphatic hydroxyl groups excluding tert-OH is 3. The van der Waals surface area contributed by atoms with Gasteiger partial charge < -0.3 is 29.2 Å². The fourth-order valence-electron chi connectivity index (χ4n) is 1.67. The van der Waals surface area contributed by atoms with Gasteiger partial charge in [0.1, 0.15) is 18.3 Å². The molecular formula is C11H14O7. The molecule has 1 saturated heterocycles. The van der Waals surface area contributed by atoms with Gasteiger partial charge in [-0.2, -0.15) is 0 Å². The number of hydrogen-bond acceptors (Lipinski definition) is 7. The Bertz CT molecular complexity index is 402. The maximum atomic E-state index is 11.6. The van der Waals surface area contributed by atoms with Crippen LogP contribution in [0.25, 0.3) is 0 Å². The first-order chi connectivity index (χ1) is 8.50. The van der Waals surface area contributed by atoms with E-state index in [1.165, 1.54) is 25.3 Å². The van der Waals surface area contributed by atoms with E-state index in [0.29, 0.717) is 0 Å². The minimum Gasteiger partial charge on any atom is -0.457 e. The summed E-state index contributed by atoms with van der Waals surface area (Å²) in [6.07, 6.45) is -5.01. The average molecular weight is 258 g/mol. The molecular weight excluding hydrogens is 244 g/mol. The molecule has 7 heteroatoms. The van der Waals surface area contributed by atoms with E-state index in [2.05, 4.69) is 0 Å². The van der Waals surface area contributed by atoms with Gasteiger partial charge in [-0.25, -0.2) is 4.79 Å². The first-order valence-corrected chi connectivity index (χ1v) is 5.45. The number of ether oxygens (including phenoxy) is 2. The van der Waals surface area contributed by atoms with Gasteiger partial charge in [-0.15, -0.1) is 0 Å². The molecule has 100 valence electrons. The van der Waals surface area contributed by atoms with E-state index in [1.807, 2.05) is 0 Å². The minimum atomic E-state index is -1.52. The van der Waals surface area contributed by atoms with Gasteiger partial charge in [0.15, 0.2) is 0 Å². The van der Waals surface area contributed by atoms with Crippen molar-refractivity contribution in [2.75, 3.05) is 0 Å². The highest BCUT2D eigenvalue weighted by atomic mass is 16.7. The zero-order valence-corrected chi connectivity index (χ0v) is 9.59. The Morgan fingerprint density at radius 3 is 2.61 bits per heavy atom. The Morgan fingerprint density at radius 2 is 2.00 bits per heavy atom. The Balaban J connectivity index is 2.03. The number of furan rings is 1. The lowest BCUT2D eigenvalue weighted by molar-refractivity contribution is -0.276. The maximum Gasteiger partial charge on any atom is 0.376 e. The zero-order valence-electron chi connectivity index (χ0n) is 9.59. The fourth-order valence-corrected chi connectivity index (χ4v) is 1.67. The number of rotatable bonds is 2. The summed E-state index contributed by atoms with van der Waals surface area (Å²) >= 11 is 0. The van der Waals surface area contributed by atoms with Crippen LogP contribution in [0.3, 0.4) is 0 Å². The molecule has 0 amide bonds. The van der Waals surface area contributed by atoms with Gasteiger partial charge in [-0.3, -0.25) is 0 Å². The second kappa shape index (κ2) is 5.07. The van der Waals surface area contributed by atoms with Crippen LogP contribution in [0, 0.1) is 0 Å². The third kappa shape index (κ3) is 2.39. The van der Waals surface area contributed by atoms with Crippen molar-refractivity contribution in [2.45, 2.75) is 37.6 Å². The average Bonchev–Trinajstić information content (AvgIpc) is 2.87. The van der Waals surface area contributed by atoms with Crippen molar-refractivity contribution in [3.05, 3.63) is 24.2 Å². The SMILES string of the molecule is C[C@@H]1O[C@@H](OC(=O)c2ccco2)[C@H](O)[C@H](O)[C@H]1O. The third-order valence-corrected chi connectivity index (χ3v) is 2.75. The standard InChI is InChI=1S/C11H14O7/c1-5-7(12)8(13)9(14)11(17-5)18-10(15)6-3-2-4-16-6/h2-5,7-9,11-14H,1H3/t5-,7-,8+,9+,11-/m0/s1. The number of hydrogen-bond donors (Lipinski definition) is 3. The highest BCUT2D eigenvalue weighted by Crippen LogP contribution is 2.22. The summed E-state index contributed by atoms with van der Waals surface area (Å²) in [4.78, 5) is 11.6. The Kier molecular flexibility index (Phi) is 3.67. The molecule has 2 heterocycles. The first-order valence-electron chi connectivity index (χ1n) is 5.45. The van der Waals surface area contributed by atoms with Gasteiger partial charge in [-0.05, 0) is 19.1 Å². The molecule has 5 atom stereocenters. The van der Waals surface area contributed by atoms with E-state index in [9.17, 15) is 20.1 Å². The third-order valence-electron chi connectivity index (χ3n) is 2.75. The van der Waals surface area contributed by atoms with Crippen LogP contribution < -0.4 is 0 Å². The molecule has 0 radical (unpaired) electrons. The maximum absolute atomic E-state index is 11.6. The van der Waals surface area contributed by atoms with Crippen LogP contribution in [0.15, 0.2) is 22.8 Å². The lowest BCUT2D eigenvalue weighted by atomic mass is 10.0. The second-order valence-corrected chi connectivity index (χ2v) is 4.06. The lowest BCUT2D eigenvalue weighted by Crippen LogP contribution is -2.57. The van der Waals surface area contributed by atoms with Gasteiger partial charge in [0.05, 0.1) is 12.4 Å². The summed E-state index contributed by atoms with van der Waals surface area (Å²) in [7, 11) is 0. The molecule has 1 aromatic heterocycles. The van der Waals surface area contributed by atoms with Gasteiger partial charge in [0, 0.05) is 0 Å². The van der Waals surface area contributed by atoms with Crippen LogP contribution in [0.4, 0.5) is 0 Å². The van der Waals surface area contributed by atoms with Crippen molar-refractivity contribution in [1.29, 1.82) is 0 Å². The van der Waals surface area contributed by atoms with Crippen molar-refractivity contribution in [3.63, 3.8) is 0 Å². The monoisotopic (exact) mass is 258 g/mol. The highest BCUT2D eigenvalue weighted by Gasteiger charge is 2.44. The van der Waals surface area contributed by atoms with E-state index >= 15 is 0 Å². The van der Waals surface area contributed by atoms with Gasteiger partial charge >= 0.3 is 5.97 Å². The number of carbonyl (C=O) groups is 1. The largest absolute Gasteiger partial charge is 0.457 e. The summed E-state index contributed by atoms with van der Waals surface area (Å²) in [5.41, 5.74) is 0. The molecule has 18 heavy (non-hydrogen) atoms. The quantitative estimate of drug-likeness (QED) is 0.599. The zero-order chi connectivity index (χ0) is 13.3. The Morgan fingerprint density at radius 1 is 1.28 bits per heavy atom. The highest BCUT2D eigenvalue weighted by molar-refractivity contribution is 5.86. The molecule has 2 rings (SSSR count). The number of aliphatic hydroxyl groups is 3. The number of carbonyl (C=O) groups excluding carboxylic acids is 1. The van der Waals surface area contributed by atoms with Crippen LogP contribution in [0.5, 0.6) is 0 Å². The van der Waals surface area contributed by atoms with E-state index in [-0.39, 0.29) is 5.76 Å². The van der Waals surface area contributed by atoms with Crippen LogP contribution in [-0.4, -0.2) is 52.0 Å². The summed E-state index contributed by atoms with van der Waals surface area (Å²) < 4.78 is 14.8. The number of esters is 1. The topological polar surface area (TPSA) is 109 Å². The van der Waals surface area contributed by atoms with Crippen molar-refractivity contribution in [1.82, 2.24) is 0 Å². The van der Waals surface area contributed by atoms with Gasteiger partial charge in [0.2, 0.25) is 12.1 Å². The van der Waals surface area contributed by atoms with Crippen LogP contribution in [0.2, 0.25) is 0 Å². The molecule has 1 aromatic rings. The normalized spacial score (nSPS) is 36.3. The van der Waals surface area contributed by atoms with Crippen LogP contribution in [-0.2, 0) is 9.47 Å². The molecule has 1 fully saturated rings. The van der Waals surface area contributed by atoms with E-state index in [0.717, 1.165) is 0 Å². The van der Waals surface area contributed by atoms with Crippen molar-refractivity contribution in [2.24, 2.45) is 0 Å². The fraction of sp³-hybridized carbons (Fsp3) is 0.545. The molecule has 7 nitrogen and oxygen atoms in total. The Hall–Kier alpha value is -1.41. The van der Waals surface area contributed by atoms with Gasteiger partial charge in [0.25, 0.3) is 0 Å². The van der Waals surface area contributed by atoms with Crippen LogP contribution >= 0.6 is 0 Å². The van der Waals surface area contributed by atoms with E-state index in [1.54, 1.807) is 0 Å². The van der Waals surface area contributed by atoms with Crippen molar-refractivity contribution in [3.8, 4) is 0 Å². The molecule has 0 aromatic carbocycles. The predicted molar refractivity (Wildman–Crippen MR) is 56.5 cm³/mol. The second-order valence-electron chi connectivity index (χ2n) is 4.06. The molecule has 0 aliphatic carbocycles. The molecule has 3 N–H and O–H groups in total. The molecule has 0 spiro atoms. The van der Waals surface area contributed by atoms with Crippen molar-refractivity contribution < 1.29 is 34.0 Å². The molecule has 1 aliphatic heterocycles. The molecule has 0 saturated carbocycles. The molecule has 1 aliphatic rings. The lowest BCUT2D eigenvalue weighted by Gasteiger charge is -2.38. The first kappa shape index (κ1) is 13.0. The van der Waals surface area contributed by atoms with Gasteiger partial charge in [-0.1, -0.05) is 0 Å². The molecule has 0 unspecified atom stereocenters. The Labute approximate surface area is 103 Å². The van der Waals surface area contributed by atoms with Crippen molar-refractivity contribution >= 4 is 5.97 Å². The van der Waals surface area contributed by atoms with E-state index in [4.69, 9.17) is 13.9 Å². The smallest absolute Gasteiger partial charge is 0.376 e. The van der Waals surface area contributed by atoms with Crippen LogP contribution in [0.1, 0.15) is 17.5 Å². The van der Waals surface area contributed by atoms with E-state index < -0.39 is 36.7 Å². The summed E-state index contributed by atoms with van der Waals surface area (Å²) in [6.45, 7) is 1.49.